The van der Waals surface area contributed by atoms with Gasteiger partial charge in [-0.3, -0.25) is 0 Å². The monoisotopic (exact) mass is 343 g/mol. The summed E-state index contributed by atoms with van der Waals surface area (Å²) in [5.41, 5.74) is 4.02. The van der Waals surface area contributed by atoms with E-state index in [-0.39, 0.29) is 0 Å². The van der Waals surface area contributed by atoms with Crippen molar-refractivity contribution in [2.75, 3.05) is 7.11 Å². The number of methoxy groups -OCH3 is 1. The highest BCUT2D eigenvalue weighted by Crippen LogP contribution is 2.30. The van der Waals surface area contributed by atoms with E-state index >= 15 is 0 Å². The Hall–Kier alpha value is -2.01. The SMILES string of the molecule is CC.COc1ccc2c(C)nc(-c3nc(C(C)C)cs3)nc2c1C. The molecule has 0 saturated carbocycles. The number of ether oxygens (including phenoxy) is 1. The summed E-state index contributed by atoms with van der Waals surface area (Å²) in [5.74, 6) is 1.95. The molecule has 0 unspecified atom stereocenters. The first-order valence-corrected chi connectivity index (χ1v) is 9.17. The fourth-order valence-corrected chi connectivity index (χ4v) is 3.35. The molecular weight excluding hydrogens is 318 g/mol. The van der Waals surface area contributed by atoms with Crippen molar-refractivity contribution in [3.63, 3.8) is 0 Å². The Balaban J connectivity index is 0.00000100. The van der Waals surface area contributed by atoms with Crippen LogP contribution in [0.15, 0.2) is 17.5 Å². The largest absolute Gasteiger partial charge is 0.496 e. The van der Waals surface area contributed by atoms with Crippen LogP contribution >= 0.6 is 11.3 Å². The topological polar surface area (TPSA) is 47.9 Å². The molecule has 0 saturated heterocycles. The number of hydrogen-bond donors (Lipinski definition) is 0. The summed E-state index contributed by atoms with van der Waals surface area (Å²) in [7, 11) is 1.68. The van der Waals surface area contributed by atoms with Gasteiger partial charge in [0.1, 0.15) is 5.75 Å². The predicted octanol–water partition coefficient (Wildman–Crippen LogP) is 5.53. The number of rotatable bonds is 3. The molecule has 5 heteroatoms. The molecule has 4 nitrogen and oxygen atoms in total. The van der Waals surface area contributed by atoms with Gasteiger partial charge in [-0.2, -0.15) is 0 Å². The first-order chi connectivity index (χ1) is 11.5. The van der Waals surface area contributed by atoms with E-state index < -0.39 is 0 Å². The molecule has 2 aromatic heterocycles. The average molecular weight is 343 g/mol. The second-order valence-corrected chi connectivity index (χ2v) is 6.51. The van der Waals surface area contributed by atoms with E-state index in [0.29, 0.717) is 11.7 Å². The second kappa shape index (κ2) is 7.71. The molecule has 128 valence electrons. The van der Waals surface area contributed by atoms with Crippen LogP contribution in [0, 0.1) is 13.8 Å². The van der Waals surface area contributed by atoms with Gasteiger partial charge in [0.25, 0.3) is 0 Å². The molecule has 0 aliphatic carbocycles. The van der Waals surface area contributed by atoms with Crippen molar-refractivity contribution in [1.82, 2.24) is 15.0 Å². The molecule has 0 fully saturated rings. The van der Waals surface area contributed by atoms with E-state index in [9.17, 15) is 0 Å². The van der Waals surface area contributed by atoms with Crippen LogP contribution in [0.25, 0.3) is 21.7 Å². The number of aromatic nitrogens is 3. The van der Waals surface area contributed by atoms with Crippen molar-refractivity contribution in [3.05, 3.63) is 34.5 Å². The number of hydrogen-bond acceptors (Lipinski definition) is 5. The van der Waals surface area contributed by atoms with Crippen molar-refractivity contribution in [2.45, 2.75) is 47.5 Å². The zero-order valence-corrected chi connectivity index (χ0v) is 16.3. The third kappa shape index (κ3) is 3.41. The summed E-state index contributed by atoms with van der Waals surface area (Å²) in [5, 5.41) is 4.01. The van der Waals surface area contributed by atoms with Crippen molar-refractivity contribution in [3.8, 4) is 16.6 Å². The van der Waals surface area contributed by atoms with Crippen LogP contribution in [0.3, 0.4) is 0 Å². The van der Waals surface area contributed by atoms with Crippen molar-refractivity contribution in [2.24, 2.45) is 0 Å². The molecule has 0 radical (unpaired) electrons. The van der Waals surface area contributed by atoms with E-state index in [4.69, 9.17) is 9.72 Å². The zero-order valence-electron chi connectivity index (χ0n) is 15.5. The van der Waals surface area contributed by atoms with Gasteiger partial charge in [-0.05, 0) is 31.9 Å². The molecule has 0 aliphatic rings. The molecule has 0 bridgehead atoms. The average Bonchev–Trinajstić information content (AvgIpc) is 3.08. The van der Waals surface area contributed by atoms with Crippen LogP contribution in [0.2, 0.25) is 0 Å². The molecule has 2 heterocycles. The molecule has 0 aliphatic heterocycles. The van der Waals surface area contributed by atoms with Gasteiger partial charge in [-0.1, -0.05) is 27.7 Å². The maximum Gasteiger partial charge on any atom is 0.189 e. The Kier molecular flexibility index (Phi) is 5.89. The fourth-order valence-electron chi connectivity index (χ4n) is 2.44. The lowest BCUT2D eigenvalue weighted by Crippen LogP contribution is -1.98. The van der Waals surface area contributed by atoms with Gasteiger partial charge >= 0.3 is 0 Å². The minimum atomic E-state index is 0.411. The molecule has 3 rings (SSSR count). The quantitative estimate of drug-likeness (QED) is 0.627. The summed E-state index contributed by atoms with van der Waals surface area (Å²) >= 11 is 1.60. The van der Waals surface area contributed by atoms with Gasteiger partial charge in [-0.15, -0.1) is 11.3 Å². The lowest BCUT2D eigenvalue weighted by molar-refractivity contribution is 0.412. The first kappa shape index (κ1) is 18.3. The van der Waals surface area contributed by atoms with Gasteiger partial charge in [0.15, 0.2) is 10.8 Å². The van der Waals surface area contributed by atoms with Crippen LogP contribution in [-0.4, -0.2) is 22.1 Å². The third-order valence-corrected chi connectivity index (χ3v) is 4.64. The fraction of sp³-hybridized carbons (Fsp3) is 0.421. The normalized spacial score (nSPS) is 10.7. The number of fused-ring (bicyclic) bond motifs is 1. The maximum atomic E-state index is 5.40. The van der Waals surface area contributed by atoms with Crippen molar-refractivity contribution >= 4 is 22.2 Å². The van der Waals surface area contributed by atoms with E-state index in [0.717, 1.165) is 38.6 Å². The number of nitrogens with zero attached hydrogens (tertiary/aromatic N) is 3. The Morgan fingerprint density at radius 2 is 1.75 bits per heavy atom. The van der Waals surface area contributed by atoms with E-state index in [2.05, 4.69) is 29.2 Å². The Morgan fingerprint density at radius 3 is 2.33 bits per heavy atom. The smallest absolute Gasteiger partial charge is 0.189 e. The lowest BCUT2D eigenvalue weighted by Gasteiger charge is -2.10. The third-order valence-electron chi connectivity index (χ3n) is 3.79. The van der Waals surface area contributed by atoms with Gasteiger partial charge in [-0.25, -0.2) is 15.0 Å². The van der Waals surface area contributed by atoms with E-state index in [1.54, 1.807) is 18.4 Å². The molecule has 0 amide bonds. The molecule has 3 aromatic rings. The van der Waals surface area contributed by atoms with Crippen LogP contribution in [0.1, 0.15) is 50.6 Å². The summed E-state index contributed by atoms with van der Waals surface area (Å²) in [6, 6.07) is 3.98. The van der Waals surface area contributed by atoms with E-state index in [1.807, 2.05) is 39.8 Å². The number of benzene rings is 1. The minimum Gasteiger partial charge on any atom is -0.496 e. The molecule has 0 N–H and O–H groups in total. The van der Waals surface area contributed by atoms with Gasteiger partial charge in [0.2, 0.25) is 0 Å². The van der Waals surface area contributed by atoms with Gasteiger partial charge in [0.05, 0.1) is 18.3 Å². The van der Waals surface area contributed by atoms with Crippen molar-refractivity contribution < 1.29 is 4.74 Å². The minimum absolute atomic E-state index is 0.411. The lowest BCUT2D eigenvalue weighted by atomic mass is 10.1. The molecule has 1 aromatic carbocycles. The number of aryl methyl sites for hydroxylation is 2. The predicted molar refractivity (Wildman–Crippen MR) is 102 cm³/mol. The highest BCUT2D eigenvalue weighted by atomic mass is 32.1. The Bertz CT molecular complexity index is 840. The standard InChI is InChI=1S/C17H19N3OS.C2H6/c1-9(2)13-8-22-17(19-13)16-18-11(4)12-6-7-14(21-5)10(3)15(12)20-16;1-2/h6-9H,1-5H3;1-2H3. The van der Waals surface area contributed by atoms with Crippen LogP contribution < -0.4 is 4.74 Å². The van der Waals surface area contributed by atoms with Crippen LogP contribution in [0.4, 0.5) is 0 Å². The second-order valence-electron chi connectivity index (χ2n) is 5.65. The number of thiazole rings is 1. The zero-order chi connectivity index (χ0) is 17.9. The van der Waals surface area contributed by atoms with Crippen LogP contribution in [-0.2, 0) is 0 Å². The summed E-state index contributed by atoms with van der Waals surface area (Å²) in [6.07, 6.45) is 0. The highest BCUT2D eigenvalue weighted by Gasteiger charge is 2.14. The molecule has 0 atom stereocenters. The van der Waals surface area contributed by atoms with Gasteiger partial charge < -0.3 is 4.74 Å². The molecular formula is C19H25N3OS. The molecule has 24 heavy (non-hydrogen) atoms. The summed E-state index contributed by atoms with van der Waals surface area (Å²) < 4.78 is 5.40. The van der Waals surface area contributed by atoms with E-state index in [1.165, 1.54) is 0 Å². The maximum absolute atomic E-state index is 5.40. The first-order valence-electron chi connectivity index (χ1n) is 8.29. The Labute approximate surface area is 148 Å². The van der Waals surface area contributed by atoms with Crippen LogP contribution in [0.5, 0.6) is 5.75 Å². The highest BCUT2D eigenvalue weighted by molar-refractivity contribution is 7.13. The summed E-state index contributed by atoms with van der Waals surface area (Å²) in [4.78, 5) is 14.0. The Morgan fingerprint density at radius 1 is 1.04 bits per heavy atom. The van der Waals surface area contributed by atoms with Crippen molar-refractivity contribution in [1.29, 1.82) is 0 Å². The molecule has 0 spiro atoms. The summed E-state index contributed by atoms with van der Waals surface area (Å²) in [6.45, 7) is 12.3. The van der Waals surface area contributed by atoms with Gasteiger partial charge in [0, 0.05) is 22.0 Å².